The van der Waals surface area contributed by atoms with E-state index in [-0.39, 0.29) is 5.91 Å². The van der Waals surface area contributed by atoms with Crippen molar-refractivity contribution < 1.29 is 14.3 Å². The summed E-state index contributed by atoms with van der Waals surface area (Å²) in [5, 5.41) is 2.67. The molecule has 2 aromatic rings. The van der Waals surface area contributed by atoms with Crippen LogP contribution in [0.15, 0.2) is 30.6 Å². The van der Waals surface area contributed by atoms with Crippen molar-refractivity contribution in [2.24, 2.45) is 0 Å². The van der Waals surface area contributed by atoms with Gasteiger partial charge < -0.3 is 9.64 Å². The van der Waals surface area contributed by atoms with Gasteiger partial charge in [0.2, 0.25) is 0 Å². The highest BCUT2D eigenvalue weighted by molar-refractivity contribution is 5.98. The van der Waals surface area contributed by atoms with Gasteiger partial charge in [-0.15, -0.1) is 0 Å². The second kappa shape index (κ2) is 5.67. The number of amides is 2. The number of benzene rings is 1. The first kappa shape index (κ1) is 16.0. The van der Waals surface area contributed by atoms with Crippen LogP contribution in [0.2, 0.25) is 0 Å². The molecule has 0 saturated carbocycles. The van der Waals surface area contributed by atoms with Gasteiger partial charge in [0.1, 0.15) is 11.9 Å². The summed E-state index contributed by atoms with van der Waals surface area (Å²) >= 11 is 0. The first-order valence-corrected chi connectivity index (χ1v) is 7.67. The molecule has 24 heavy (non-hydrogen) atoms. The van der Waals surface area contributed by atoms with Gasteiger partial charge in [0.15, 0.2) is 5.82 Å². The second-order valence-corrected chi connectivity index (χ2v) is 6.72. The highest BCUT2D eigenvalue weighted by atomic mass is 16.6. The SMILES string of the molecule is CN1Cc2c(NC(=O)OC(C)(C)C)ncn2-c2ccccc2C1=O. The molecule has 1 aromatic heterocycles. The number of carbonyl (C=O) groups is 2. The van der Waals surface area contributed by atoms with E-state index in [1.807, 2.05) is 22.8 Å². The van der Waals surface area contributed by atoms with Gasteiger partial charge >= 0.3 is 6.09 Å². The number of anilines is 1. The van der Waals surface area contributed by atoms with Crippen LogP contribution in [0, 0.1) is 0 Å². The fourth-order valence-electron chi connectivity index (χ4n) is 2.60. The minimum atomic E-state index is -0.597. The molecule has 1 N–H and O–H groups in total. The molecule has 0 radical (unpaired) electrons. The lowest BCUT2D eigenvalue weighted by Crippen LogP contribution is -2.28. The number of carbonyl (C=O) groups excluding carboxylic acids is 2. The van der Waals surface area contributed by atoms with Crippen LogP contribution in [0.25, 0.3) is 5.69 Å². The molecular formula is C17H20N4O3. The lowest BCUT2D eigenvalue weighted by molar-refractivity contribution is 0.0635. The Balaban J connectivity index is 1.98. The van der Waals surface area contributed by atoms with Crippen molar-refractivity contribution in [1.29, 1.82) is 0 Å². The first-order chi connectivity index (χ1) is 11.3. The molecule has 126 valence electrons. The third kappa shape index (κ3) is 2.97. The van der Waals surface area contributed by atoms with Gasteiger partial charge in [-0.3, -0.25) is 14.7 Å². The fourth-order valence-corrected chi connectivity index (χ4v) is 2.60. The van der Waals surface area contributed by atoms with Crippen molar-refractivity contribution in [1.82, 2.24) is 14.5 Å². The van der Waals surface area contributed by atoms with E-state index in [4.69, 9.17) is 4.74 Å². The third-order valence-electron chi connectivity index (χ3n) is 3.61. The Bertz CT molecular complexity index is 804. The van der Waals surface area contributed by atoms with Crippen LogP contribution < -0.4 is 5.32 Å². The van der Waals surface area contributed by atoms with Crippen LogP contribution in [0.1, 0.15) is 36.8 Å². The Morgan fingerprint density at radius 3 is 2.71 bits per heavy atom. The van der Waals surface area contributed by atoms with E-state index in [2.05, 4.69) is 10.3 Å². The second-order valence-electron chi connectivity index (χ2n) is 6.72. The van der Waals surface area contributed by atoms with Gasteiger partial charge in [-0.2, -0.15) is 0 Å². The van der Waals surface area contributed by atoms with E-state index in [1.54, 1.807) is 45.1 Å². The summed E-state index contributed by atoms with van der Waals surface area (Å²) in [4.78, 5) is 30.4. The van der Waals surface area contributed by atoms with Gasteiger partial charge in [-0.25, -0.2) is 9.78 Å². The minimum absolute atomic E-state index is 0.0717. The smallest absolute Gasteiger partial charge is 0.413 e. The number of nitrogens with zero attached hydrogens (tertiary/aromatic N) is 3. The lowest BCUT2D eigenvalue weighted by Gasteiger charge is -2.20. The number of hydrogen-bond acceptors (Lipinski definition) is 4. The number of para-hydroxylation sites is 1. The molecule has 7 heteroatoms. The number of ether oxygens (including phenoxy) is 1. The topological polar surface area (TPSA) is 76.5 Å². The molecule has 0 aliphatic carbocycles. The Hall–Kier alpha value is -2.83. The van der Waals surface area contributed by atoms with Gasteiger partial charge in [0.05, 0.1) is 23.5 Å². The quantitative estimate of drug-likeness (QED) is 0.873. The average molecular weight is 328 g/mol. The largest absolute Gasteiger partial charge is 0.444 e. The highest BCUT2D eigenvalue weighted by Crippen LogP contribution is 2.27. The average Bonchev–Trinajstić information content (AvgIpc) is 2.82. The fraction of sp³-hybridized carbons (Fsp3) is 0.353. The summed E-state index contributed by atoms with van der Waals surface area (Å²) in [5.41, 5.74) is 1.47. The Morgan fingerprint density at radius 2 is 2.00 bits per heavy atom. The van der Waals surface area contributed by atoms with Crippen LogP contribution in [0.5, 0.6) is 0 Å². The molecule has 0 atom stereocenters. The molecule has 0 unspecified atom stereocenters. The summed E-state index contributed by atoms with van der Waals surface area (Å²) < 4.78 is 7.09. The van der Waals surface area contributed by atoms with Crippen molar-refractivity contribution >= 4 is 17.8 Å². The maximum absolute atomic E-state index is 12.5. The number of nitrogens with one attached hydrogen (secondary N) is 1. The molecule has 3 rings (SSSR count). The molecule has 0 saturated heterocycles. The van der Waals surface area contributed by atoms with E-state index >= 15 is 0 Å². The van der Waals surface area contributed by atoms with Gasteiger partial charge in [0, 0.05) is 7.05 Å². The van der Waals surface area contributed by atoms with E-state index < -0.39 is 11.7 Å². The standard InChI is InChI=1S/C17H20N4O3/c1-17(2,3)24-16(23)19-14-13-9-20(4)15(22)11-7-5-6-8-12(11)21(13)10-18-14/h5-8,10H,9H2,1-4H3,(H,19,23). The van der Waals surface area contributed by atoms with Crippen LogP contribution in [0.3, 0.4) is 0 Å². The normalized spacial score (nSPS) is 13.8. The summed E-state index contributed by atoms with van der Waals surface area (Å²) in [6.07, 6.45) is 1.03. The lowest BCUT2D eigenvalue weighted by atomic mass is 10.1. The first-order valence-electron chi connectivity index (χ1n) is 7.67. The Kier molecular flexibility index (Phi) is 3.79. The van der Waals surface area contributed by atoms with Crippen LogP contribution in [-0.2, 0) is 11.3 Å². The maximum atomic E-state index is 12.5. The molecule has 1 aromatic carbocycles. The molecule has 0 bridgehead atoms. The summed E-state index contributed by atoms with van der Waals surface area (Å²) in [7, 11) is 1.72. The monoisotopic (exact) mass is 328 g/mol. The van der Waals surface area contributed by atoms with Gasteiger partial charge in [-0.1, -0.05) is 12.1 Å². The number of hydrogen-bond donors (Lipinski definition) is 1. The number of aromatic nitrogens is 2. The third-order valence-corrected chi connectivity index (χ3v) is 3.61. The Morgan fingerprint density at radius 1 is 1.29 bits per heavy atom. The maximum Gasteiger partial charge on any atom is 0.413 e. The molecule has 1 aliphatic heterocycles. The number of fused-ring (bicyclic) bond motifs is 3. The predicted molar refractivity (Wildman–Crippen MR) is 89.2 cm³/mol. The van der Waals surface area contributed by atoms with Crippen LogP contribution >= 0.6 is 0 Å². The van der Waals surface area contributed by atoms with Crippen LogP contribution in [-0.4, -0.2) is 39.1 Å². The molecule has 0 spiro atoms. The zero-order chi connectivity index (χ0) is 17.5. The van der Waals surface area contributed by atoms with E-state index in [1.165, 1.54) is 0 Å². The summed E-state index contributed by atoms with van der Waals surface area (Å²) in [5.74, 6) is 0.318. The Labute approximate surface area is 140 Å². The molecule has 0 fully saturated rings. The summed E-state index contributed by atoms with van der Waals surface area (Å²) in [6, 6.07) is 7.33. The van der Waals surface area contributed by atoms with E-state index in [9.17, 15) is 9.59 Å². The predicted octanol–water partition coefficient (Wildman–Crippen LogP) is 2.80. The van der Waals surface area contributed by atoms with Crippen molar-refractivity contribution in [3.63, 3.8) is 0 Å². The molecule has 1 aliphatic rings. The minimum Gasteiger partial charge on any atom is -0.444 e. The zero-order valence-electron chi connectivity index (χ0n) is 14.2. The van der Waals surface area contributed by atoms with E-state index in [0.29, 0.717) is 17.9 Å². The van der Waals surface area contributed by atoms with Gasteiger partial charge in [0.25, 0.3) is 5.91 Å². The highest BCUT2D eigenvalue weighted by Gasteiger charge is 2.27. The molecule has 2 amide bonds. The number of rotatable bonds is 1. The van der Waals surface area contributed by atoms with Crippen LogP contribution in [0.4, 0.5) is 10.6 Å². The molecule has 2 heterocycles. The van der Waals surface area contributed by atoms with Crippen molar-refractivity contribution in [2.75, 3.05) is 12.4 Å². The summed E-state index contributed by atoms with van der Waals surface area (Å²) in [6.45, 7) is 5.72. The van der Waals surface area contributed by atoms with Crippen molar-refractivity contribution in [3.05, 3.63) is 41.9 Å². The molecular weight excluding hydrogens is 308 g/mol. The number of imidazole rings is 1. The van der Waals surface area contributed by atoms with Crippen molar-refractivity contribution in [2.45, 2.75) is 32.9 Å². The zero-order valence-corrected chi connectivity index (χ0v) is 14.2. The van der Waals surface area contributed by atoms with Gasteiger partial charge in [-0.05, 0) is 32.9 Å². The molecule has 7 nitrogen and oxygen atoms in total. The van der Waals surface area contributed by atoms with E-state index in [0.717, 1.165) is 11.4 Å². The van der Waals surface area contributed by atoms with Crippen molar-refractivity contribution in [3.8, 4) is 5.69 Å².